The molecule has 1 aromatic heterocycles. The first-order chi connectivity index (χ1) is 9.45. The molecule has 0 saturated heterocycles. The molecule has 1 aromatic carbocycles. The lowest BCUT2D eigenvalue weighted by Gasteiger charge is -2.11. The molecular weight excluding hydrogens is 324 g/mol. The SMILES string of the molecule is CC(CCC(=O)O)NC(=O)c1cc2cc(Br)ccc2[nH]1. The lowest BCUT2D eigenvalue weighted by Crippen LogP contribution is -2.33. The number of aromatic amines is 1. The number of amides is 1. The second kappa shape index (κ2) is 6.09. The summed E-state index contributed by atoms with van der Waals surface area (Å²) < 4.78 is 0.950. The summed E-state index contributed by atoms with van der Waals surface area (Å²) in [7, 11) is 0. The predicted molar refractivity (Wildman–Crippen MR) is 79.8 cm³/mol. The first-order valence-corrected chi connectivity index (χ1v) is 7.06. The quantitative estimate of drug-likeness (QED) is 0.783. The number of carboxylic acids is 1. The summed E-state index contributed by atoms with van der Waals surface area (Å²) in [6.07, 6.45) is 0.452. The zero-order valence-electron chi connectivity index (χ0n) is 10.9. The number of hydrogen-bond donors (Lipinski definition) is 3. The Morgan fingerprint density at radius 3 is 2.85 bits per heavy atom. The maximum Gasteiger partial charge on any atom is 0.303 e. The molecule has 2 rings (SSSR count). The molecule has 0 spiro atoms. The fourth-order valence-electron chi connectivity index (χ4n) is 1.94. The Morgan fingerprint density at radius 2 is 2.15 bits per heavy atom. The molecular formula is C14H15BrN2O3. The molecule has 1 atom stereocenters. The standard InChI is InChI=1S/C14H15BrN2O3/c1-8(2-5-13(18)19)16-14(20)12-7-9-6-10(15)3-4-11(9)17-12/h3-4,6-8,17H,2,5H2,1H3,(H,16,20)(H,18,19). The highest BCUT2D eigenvalue weighted by Gasteiger charge is 2.13. The van der Waals surface area contributed by atoms with Gasteiger partial charge in [0.2, 0.25) is 0 Å². The molecule has 20 heavy (non-hydrogen) atoms. The molecule has 2 aromatic rings. The van der Waals surface area contributed by atoms with Crippen molar-refractivity contribution in [1.29, 1.82) is 0 Å². The highest BCUT2D eigenvalue weighted by molar-refractivity contribution is 9.10. The summed E-state index contributed by atoms with van der Waals surface area (Å²) in [5.74, 6) is -1.09. The van der Waals surface area contributed by atoms with Crippen LogP contribution in [0, 0.1) is 0 Å². The Balaban J connectivity index is 2.05. The Labute approximate surface area is 124 Å². The Hall–Kier alpha value is -1.82. The van der Waals surface area contributed by atoms with Gasteiger partial charge in [0.1, 0.15) is 5.69 Å². The highest BCUT2D eigenvalue weighted by atomic mass is 79.9. The van der Waals surface area contributed by atoms with Gasteiger partial charge in [0.15, 0.2) is 0 Å². The number of fused-ring (bicyclic) bond motifs is 1. The van der Waals surface area contributed by atoms with Crippen molar-refractivity contribution in [2.24, 2.45) is 0 Å². The van der Waals surface area contributed by atoms with Crippen molar-refractivity contribution in [3.63, 3.8) is 0 Å². The number of carboxylic acid groups (broad SMARTS) is 1. The van der Waals surface area contributed by atoms with E-state index >= 15 is 0 Å². The van der Waals surface area contributed by atoms with Crippen LogP contribution in [0.4, 0.5) is 0 Å². The van der Waals surface area contributed by atoms with E-state index in [1.807, 2.05) is 18.2 Å². The Bertz CT molecular complexity index is 651. The van der Waals surface area contributed by atoms with Gasteiger partial charge in [-0.1, -0.05) is 15.9 Å². The number of aliphatic carboxylic acids is 1. The summed E-state index contributed by atoms with van der Waals surface area (Å²) in [4.78, 5) is 25.6. The molecule has 0 aliphatic rings. The zero-order valence-corrected chi connectivity index (χ0v) is 12.5. The number of rotatable bonds is 5. The number of halogens is 1. The van der Waals surface area contributed by atoms with Crippen molar-refractivity contribution >= 4 is 38.7 Å². The smallest absolute Gasteiger partial charge is 0.303 e. The second-order valence-corrected chi connectivity index (χ2v) is 5.64. The van der Waals surface area contributed by atoms with Gasteiger partial charge in [-0.15, -0.1) is 0 Å². The van der Waals surface area contributed by atoms with Gasteiger partial charge < -0.3 is 15.4 Å². The van der Waals surface area contributed by atoms with Crippen molar-refractivity contribution in [1.82, 2.24) is 10.3 Å². The molecule has 3 N–H and O–H groups in total. The van der Waals surface area contributed by atoms with Gasteiger partial charge in [-0.3, -0.25) is 9.59 Å². The van der Waals surface area contributed by atoms with Crippen molar-refractivity contribution in [3.8, 4) is 0 Å². The van der Waals surface area contributed by atoms with E-state index in [4.69, 9.17) is 5.11 Å². The van der Waals surface area contributed by atoms with E-state index < -0.39 is 5.97 Å². The van der Waals surface area contributed by atoms with Crippen LogP contribution in [0.5, 0.6) is 0 Å². The summed E-state index contributed by atoms with van der Waals surface area (Å²) in [5, 5.41) is 12.3. The number of carbonyl (C=O) groups excluding carboxylic acids is 1. The molecule has 1 heterocycles. The summed E-state index contributed by atoms with van der Waals surface area (Å²) >= 11 is 3.38. The Morgan fingerprint density at radius 1 is 1.40 bits per heavy atom. The average Bonchev–Trinajstić information content (AvgIpc) is 2.79. The summed E-state index contributed by atoms with van der Waals surface area (Å²) in [6, 6.07) is 7.31. The molecule has 0 bridgehead atoms. The number of benzene rings is 1. The van der Waals surface area contributed by atoms with Crippen LogP contribution in [0.2, 0.25) is 0 Å². The fourth-order valence-corrected chi connectivity index (χ4v) is 2.32. The Kier molecular flexibility index (Phi) is 4.44. The van der Waals surface area contributed by atoms with E-state index in [1.54, 1.807) is 13.0 Å². The average molecular weight is 339 g/mol. The van der Waals surface area contributed by atoms with Crippen LogP contribution in [-0.4, -0.2) is 28.0 Å². The number of H-pyrrole nitrogens is 1. The minimum atomic E-state index is -0.860. The lowest BCUT2D eigenvalue weighted by molar-refractivity contribution is -0.137. The van der Waals surface area contributed by atoms with Crippen LogP contribution in [0.3, 0.4) is 0 Å². The molecule has 5 nitrogen and oxygen atoms in total. The monoisotopic (exact) mass is 338 g/mol. The van der Waals surface area contributed by atoms with Crippen LogP contribution in [0.1, 0.15) is 30.3 Å². The van der Waals surface area contributed by atoms with E-state index in [0.29, 0.717) is 12.1 Å². The summed E-state index contributed by atoms with van der Waals surface area (Å²) in [6.45, 7) is 1.79. The van der Waals surface area contributed by atoms with E-state index in [1.165, 1.54) is 0 Å². The minimum absolute atomic E-state index is 0.0428. The van der Waals surface area contributed by atoms with Crippen molar-refractivity contribution in [2.75, 3.05) is 0 Å². The van der Waals surface area contributed by atoms with E-state index in [-0.39, 0.29) is 18.4 Å². The molecule has 0 saturated carbocycles. The van der Waals surface area contributed by atoms with Crippen LogP contribution in [0.25, 0.3) is 10.9 Å². The normalized spacial score (nSPS) is 12.3. The molecule has 6 heteroatoms. The third-order valence-corrected chi connectivity index (χ3v) is 3.49. The molecule has 0 fully saturated rings. The van der Waals surface area contributed by atoms with Gasteiger partial charge in [-0.05, 0) is 37.6 Å². The molecule has 0 aliphatic heterocycles. The van der Waals surface area contributed by atoms with E-state index in [9.17, 15) is 9.59 Å². The number of nitrogens with one attached hydrogen (secondary N) is 2. The van der Waals surface area contributed by atoms with Crippen molar-refractivity contribution in [3.05, 3.63) is 34.4 Å². The van der Waals surface area contributed by atoms with E-state index in [2.05, 4.69) is 26.2 Å². The third kappa shape index (κ3) is 3.60. The van der Waals surface area contributed by atoms with Gasteiger partial charge in [-0.25, -0.2) is 0 Å². The zero-order chi connectivity index (χ0) is 14.7. The first-order valence-electron chi connectivity index (χ1n) is 6.26. The van der Waals surface area contributed by atoms with E-state index in [0.717, 1.165) is 15.4 Å². The summed E-state index contributed by atoms with van der Waals surface area (Å²) in [5.41, 5.74) is 1.36. The third-order valence-electron chi connectivity index (χ3n) is 3.00. The predicted octanol–water partition coefficient (Wildman–Crippen LogP) is 2.91. The van der Waals surface area contributed by atoms with Crippen molar-refractivity contribution < 1.29 is 14.7 Å². The minimum Gasteiger partial charge on any atom is -0.481 e. The number of carbonyl (C=O) groups is 2. The van der Waals surface area contributed by atoms with Gasteiger partial charge in [-0.2, -0.15) is 0 Å². The molecule has 0 aliphatic carbocycles. The lowest BCUT2D eigenvalue weighted by atomic mass is 10.2. The molecule has 1 unspecified atom stereocenters. The second-order valence-electron chi connectivity index (χ2n) is 4.72. The topological polar surface area (TPSA) is 82.2 Å². The maximum absolute atomic E-state index is 12.1. The molecule has 1 amide bonds. The van der Waals surface area contributed by atoms with Gasteiger partial charge >= 0.3 is 5.97 Å². The van der Waals surface area contributed by atoms with Gasteiger partial charge in [0.05, 0.1) is 0 Å². The molecule has 0 radical (unpaired) electrons. The largest absolute Gasteiger partial charge is 0.481 e. The first kappa shape index (κ1) is 14.6. The van der Waals surface area contributed by atoms with Crippen molar-refractivity contribution in [2.45, 2.75) is 25.8 Å². The van der Waals surface area contributed by atoms with Crippen LogP contribution in [0.15, 0.2) is 28.7 Å². The van der Waals surface area contributed by atoms with Crippen LogP contribution >= 0.6 is 15.9 Å². The van der Waals surface area contributed by atoms with Crippen LogP contribution in [-0.2, 0) is 4.79 Å². The maximum atomic E-state index is 12.1. The molecule has 106 valence electrons. The number of hydrogen-bond acceptors (Lipinski definition) is 2. The fraction of sp³-hybridized carbons (Fsp3) is 0.286. The van der Waals surface area contributed by atoms with Crippen LogP contribution < -0.4 is 5.32 Å². The highest BCUT2D eigenvalue weighted by Crippen LogP contribution is 2.20. The van der Waals surface area contributed by atoms with Gasteiger partial charge in [0, 0.05) is 27.8 Å². The van der Waals surface area contributed by atoms with Gasteiger partial charge in [0.25, 0.3) is 5.91 Å². The number of aromatic nitrogens is 1.